The first-order chi connectivity index (χ1) is 12.8. The molecule has 1 aliphatic rings. The molecule has 1 aromatic carbocycles. The van der Waals surface area contributed by atoms with Gasteiger partial charge in [0.05, 0.1) is 5.52 Å². The van der Waals surface area contributed by atoms with Crippen molar-refractivity contribution in [1.82, 2.24) is 24.9 Å². The van der Waals surface area contributed by atoms with Crippen molar-refractivity contribution in [3.8, 4) is 11.1 Å². The summed E-state index contributed by atoms with van der Waals surface area (Å²) in [6, 6.07) is 6.05. The van der Waals surface area contributed by atoms with Crippen molar-refractivity contribution >= 4 is 27.9 Å². The van der Waals surface area contributed by atoms with Crippen molar-refractivity contribution in [3.05, 3.63) is 43.1 Å². The number of nitrogens with one attached hydrogen (secondary N) is 1. The fourth-order valence-corrected chi connectivity index (χ4v) is 3.37. The molecule has 26 heavy (non-hydrogen) atoms. The smallest absolute Gasteiger partial charge is 0.221 e. The van der Waals surface area contributed by atoms with Gasteiger partial charge in [-0.25, -0.2) is 15.0 Å². The highest BCUT2D eigenvalue weighted by Crippen LogP contribution is 2.29. The average Bonchev–Trinajstić information content (AvgIpc) is 3.12. The summed E-state index contributed by atoms with van der Waals surface area (Å²) in [5.74, 6) is 0.262. The topological polar surface area (TPSA) is 93.4 Å². The van der Waals surface area contributed by atoms with Gasteiger partial charge in [-0.2, -0.15) is 4.98 Å². The minimum atomic E-state index is 0.262. The van der Waals surface area contributed by atoms with Crippen LogP contribution < -0.4 is 5.73 Å². The van der Waals surface area contributed by atoms with E-state index in [0.717, 1.165) is 33.1 Å². The summed E-state index contributed by atoms with van der Waals surface area (Å²) < 4.78 is 0. The van der Waals surface area contributed by atoms with Gasteiger partial charge >= 0.3 is 0 Å². The second-order valence-electron chi connectivity index (χ2n) is 6.61. The standard InChI is InChI=1S/C14H10N6.C6H12/c15-14-18-6-11-10(5-17-13(11)20-14)8-1-2-12-9(3-8)4-16-7-19-12;1-2-4-6-5-3-1/h1-7H,(H3,15,17,18,20);1-6H2. The van der Waals surface area contributed by atoms with Gasteiger partial charge in [-0.1, -0.05) is 44.6 Å². The maximum absolute atomic E-state index is 5.59. The molecule has 1 fully saturated rings. The lowest BCUT2D eigenvalue weighted by molar-refractivity contribution is 0.504. The Bertz CT molecular complexity index is 1010. The Morgan fingerprint density at radius 2 is 1.69 bits per heavy atom. The summed E-state index contributed by atoms with van der Waals surface area (Å²) in [4.78, 5) is 19.6. The molecule has 0 spiro atoms. The third kappa shape index (κ3) is 3.49. The van der Waals surface area contributed by atoms with E-state index < -0.39 is 0 Å². The van der Waals surface area contributed by atoms with Gasteiger partial charge in [-0.15, -0.1) is 0 Å². The largest absolute Gasteiger partial charge is 0.368 e. The number of nitrogen functional groups attached to an aromatic ring is 1. The molecule has 3 heterocycles. The van der Waals surface area contributed by atoms with Gasteiger partial charge in [0.15, 0.2) is 0 Å². The maximum Gasteiger partial charge on any atom is 0.221 e. The molecule has 4 aromatic rings. The lowest BCUT2D eigenvalue weighted by atomic mass is 10.0. The summed E-state index contributed by atoms with van der Waals surface area (Å²) >= 11 is 0. The number of hydrogen-bond acceptors (Lipinski definition) is 5. The van der Waals surface area contributed by atoms with Crippen molar-refractivity contribution in [1.29, 1.82) is 0 Å². The minimum Gasteiger partial charge on any atom is -0.368 e. The van der Waals surface area contributed by atoms with Crippen molar-refractivity contribution in [2.75, 3.05) is 5.73 Å². The highest BCUT2D eigenvalue weighted by Gasteiger charge is 2.08. The number of anilines is 1. The summed E-state index contributed by atoms with van der Waals surface area (Å²) in [5, 5.41) is 1.94. The summed E-state index contributed by atoms with van der Waals surface area (Å²) in [7, 11) is 0. The molecule has 0 aliphatic heterocycles. The van der Waals surface area contributed by atoms with Crippen LogP contribution in [0.4, 0.5) is 5.95 Å². The highest BCUT2D eigenvalue weighted by molar-refractivity contribution is 5.95. The first-order valence-electron chi connectivity index (χ1n) is 9.11. The van der Waals surface area contributed by atoms with Crippen LogP contribution in [0, 0.1) is 0 Å². The lowest BCUT2D eigenvalue weighted by Crippen LogP contribution is -1.93. The fraction of sp³-hybridized carbons (Fsp3) is 0.300. The number of aromatic amines is 1. The molecule has 6 heteroatoms. The molecule has 3 N–H and O–H groups in total. The Morgan fingerprint density at radius 1 is 0.923 bits per heavy atom. The van der Waals surface area contributed by atoms with E-state index in [4.69, 9.17) is 5.73 Å². The number of hydrogen-bond donors (Lipinski definition) is 2. The Balaban J connectivity index is 0.000000240. The van der Waals surface area contributed by atoms with Crippen molar-refractivity contribution in [2.45, 2.75) is 38.5 Å². The number of rotatable bonds is 1. The van der Waals surface area contributed by atoms with Crippen LogP contribution in [0.2, 0.25) is 0 Å². The van der Waals surface area contributed by atoms with E-state index in [0.29, 0.717) is 0 Å². The SMILES string of the molecule is C1CCCCC1.Nc1ncc2c(-c3ccc4ncncc4c3)c[nH]c2n1. The third-order valence-electron chi connectivity index (χ3n) is 4.77. The molecular formula is C20H22N6. The normalized spacial score (nSPS) is 14.2. The molecule has 0 bridgehead atoms. The van der Waals surface area contributed by atoms with Crippen molar-refractivity contribution < 1.29 is 0 Å². The molecule has 0 amide bonds. The summed E-state index contributed by atoms with van der Waals surface area (Å²) in [6.45, 7) is 0. The Hall–Kier alpha value is -3.02. The molecule has 3 aromatic heterocycles. The van der Waals surface area contributed by atoms with Crippen LogP contribution in [0.25, 0.3) is 33.1 Å². The molecular weight excluding hydrogens is 324 g/mol. The van der Waals surface area contributed by atoms with Gasteiger partial charge in [-0.05, 0) is 17.7 Å². The Morgan fingerprint density at radius 3 is 2.46 bits per heavy atom. The van der Waals surface area contributed by atoms with Crippen LogP contribution in [-0.4, -0.2) is 24.9 Å². The zero-order valence-electron chi connectivity index (χ0n) is 14.7. The van der Waals surface area contributed by atoms with Crippen LogP contribution in [0.15, 0.2) is 43.1 Å². The number of H-pyrrole nitrogens is 1. The van der Waals surface area contributed by atoms with E-state index in [1.54, 1.807) is 18.7 Å². The second kappa shape index (κ2) is 7.47. The van der Waals surface area contributed by atoms with E-state index in [9.17, 15) is 0 Å². The van der Waals surface area contributed by atoms with Gasteiger partial charge in [0.2, 0.25) is 5.95 Å². The van der Waals surface area contributed by atoms with Gasteiger partial charge < -0.3 is 10.7 Å². The quantitative estimate of drug-likeness (QED) is 0.529. The summed E-state index contributed by atoms with van der Waals surface area (Å²) in [6.07, 6.45) is 16.0. The van der Waals surface area contributed by atoms with E-state index in [2.05, 4.69) is 24.9 Å². The van der Waals surface area contributed by atoms with Gasteiger partial charge in [0.1, 0.15) is 12.0 Å². The maximum atomic E-state index is 5.59. The first-order valence-corrected chi connectivity index (χ1v) is 9.11. The van der Waals surface area contributed by atoms with Crippen LogP contribution in [-0.2, 0) is 0 Å². The van der Waals surface area contributed by atoms with Crippen molar-refractivity contribution in [2.24, 2.45) is 0 Å². The Kier molecular flexibility index (Phi) is 4.73. The van der Waals surface area contributed by atoms with Crippen LogP contribution >= 0.6 is 0 Å². The number of nitrogens with two attached hydrogens (primary N) is 1. The monoisotopic (exact) mass is 346 g/mol. The van der Waals surface area contributed by atoms with Crippen LogP contribution in [0.3, 0.4) is 0 Å². The zero-order chi connectivity index (χ0) is 17.8. The Labute approximate surface area is 151 Å². The average molecular weight is 346 g/mol. The number of fused-ring (bicyclic) bond motifs is 2. The molecule has 5 rings (SSSR count). The van der Waals surface area contributed by atoms with Crippen LogP contribution in [0.5, 0.6) is 0 Å². The molecule has 0 saturated heterocycles. The van der Waals surface area contributed by atoms with E-state index in [1.165, 1.54) is 38.5 Å². The molecule has 0 radical (unpaired) electrons. The highest BCUT2D eigenvalue weighted by atomic mass is 15.0. The molecule has 0 atom stereocenters. The molecule has 1 saturated carbocycles. The summed E-state index contributed by atoms with van der Waals surface area (Å²) in [5.41, 5.74) is 9.34. The van der Waals surface area contributed by atoms with E-state index in [1.807, 2.05) is 24.4 Å². The predicted molar refractivity (Wildman–Crippen MR) is 105 cm³/mol. The van der Waals surface area contributed by atoms with E-state index in [-0.39, 0.29) is 5.95 Å². The van der Waals surface area contributed by atoms with Gasteiger partial charge in [0, 0.05) is 34.9 Å². The van der Waals surface area contributed by atoms with Crippen LogP contribution in [0.1, 0.15) is 38.5 Å². The lowest BCUT2D eigenvalue weighted by Gasteiger charge is -2.05. The molecule has 6 nitrogen and oxygen atoms in total. The second-order valence-corrected chi connectivity index (χ2v) is 6.61. The molecule has 1 aliphatic carbocycles. The number of nitrogens with zero attached hydrogens (tertiary/aromatic N) is 4. The third-order valence-corrected chi connectivity index (χ3v) is 4.77. The predicted octanol–water partition coefficient (Wildman–Crippen LogP) is 4.49. The van der Waals surface area contributed by atoms with Gasteiger partial charge in [0.25, 0.3) is 0 Å². The first kappa shape index (κ1) is 16.4. The van der Waals surface area contributed by atoms with Crippen molar-refractivity contribution in [3.63, 3.8) is 0 Å². The number of benzene rings is 1. The molecule has 132 valence electrons. The zero-order valence-corrected chi connectivity index (χ0v) is 14.7. The fourth-order valence-electron chi connectivity index (χ4n) is 3.37. The van der Waals surface area contributed by atoms with Gasteiger partial charge in [-0.3, -0.25) is 0 Å². The minimum absolute atomic E-state index is 0.262. The molecule has 0 unspecified atom stereocenters. The number of aromatic nitrogens is 5. The van der Waals surface area contributed by atoms with E-state index >= 15 is 0 Å².